The minimum Gasteiger partial charge on any atom is -0.455 e. The summed E-state index contributed by atoms with van der Waals surface area (Å²) in [6.07, 6.45) is 0. The van der Waals surface area contributed by atoms with Crippen LogP contribution in [0.4, 0.5) is 17.1 Å². The van der Waals surface area contributed by atoms with Gasteiger partial charge in [0.25, 0.3) is 0 Å². The molecule has 0 atom stereocenters. The van der Waals surface area contributed by atoms with Crippen LogP contribution in [0.5, 0.6) is 0 Å². The zero-order valence-corrected chi connectivity index (χ0v) is 35.4. The normalized spacial score (nSPS) is 14.1. The van der Waals surface area contributed by atoms with Gasteiger partial charge in [0.05, 0.1) is 0 Å². The van der Waals surface area contributed by atoms with Crippen LogP contribution < -0.4 is 4.90 Å². The Kier molecular flexibility index (Phi) is 7.96. The third-order valence-electron chi connectivity index (χ3n) is 13.9. The Bertz CT molecular complexity index is 3380. The first-order chi connectivity index (χ1) is 30.2. The van der Waals surface area contributed by atoms with Gasteiger partial charge in [-0.3, -0.25) is 0 Å². The highest BCUT2D eigenvalue weighted by atomic mass is 16.3. The highest BCUT2D eigenvalue weighted by molar-refractivity contribution is 6.09. The fourth-order valence-corrected chi connectivity index (χ4v) is 10.6. The number of anilines is 3. The van der Waals surface area contributed by atoms with E-state index in [0.717, 1.165) is 50.1 Å². The lowest BCUT2D eigenvalue weighted by atomic mass is 9.82. The molecule has 296 valence electrons. The van der Waals surface area contributed by atoms with Crippen molar-refractivity contribution in [3.05, 3.63) is 222 Å². The highest BCUT2D eigenvalue weighted by Crippen LogP contribution is 2.52. The van der Waals surface area contributed by atoms with Gasteiger partial charge in [-0.1, -0.05) is 179 Å². The van der Waals surface area contributed by atoms with Crippen LogP contribution in [-0.2, 0) is 10.8 Å². The van der Waals surface area contributed by atoms with E-state index in [-0.39, 0.29) is 10.8 Å². The maximum absolute atomic E-state index is 6.44. The van der Waals surface area contributed by atoms with Gasteiger partial charge in [0.1, 0.15) is 11.2 Å². The zero-order chi connectivity index (χ0) is 41.7. The van der Waals surface area contributed by atoms with Crippen LogP contribution in [0, 0.1) is 0 Å². The SMILES string of the molecule is CC1(C)c2ccccc2-c2cc(-c3ccc(-c4ccc(N(c5ccc(-c6cccc7c6oc6ccccc67)cc5)c5ccc6c(c5)C(C)(C)c5ccccc5-6)cc4)cc3)ccc21. The topological polar surface area (TPSA) is 16.4 Å². The van der Waals surface area contributed by atoms with Crippen LogP contribution >= 0.6 is 0 Å². The Labute approximate surface area is 363 Å². The monoisotopic (exact) mass is 795 g/mol. The van der Waals surface area contributed by atoms with Crippen LogP contribution in [0.15, 0.2) is 205 Å². The second-order valence-electron chi connectivity index (χ2n) is 18.1. The summed E-state index contributed by atoms with van der Waals surface area (Å²) in [5, 5.41) is 2.28. The Hall–Kier alpha value is -7.42. The molecule has 10 aromatic rings. The van der Waals surface area contributed by atoms with Gasteiger partial charge in [-0.25, -0.2) is 0 Å². The fraction of sp³-hybridized carbons (Fsp3) is 0.100. The van der Waals surface area contributed by atoms with Crippen molar-refractivity contribution in [2.75, 3.05) is 4.90 Å². The molecular weight excluding hydrogens is 751 g/mol. The van der Waals surface area contributed by atoms with Crippen LogP contribution in [-0.4, -0.2) is 0 Å². The van der Waals surface area contributed by atoms with Gasteiger partial charge in [-0.15, -0.1) is 0 Å². The van der Waals surface area contributed by atoms with Crippen molar-refractivity contribution < 1.29 is 4.42 Å². The summed E-state index contributed by atoms with van der Waals surface area (Å²) < 4.78 is 6.44. The number of hydrogen-bond donors (Lipinski definition) is 0. The standard InChI is InChI=1S/C60H45NO/c1-59(2)54-18-9-6-13-48(54)52-36-42(28-35-55(52)59)40-22-20-38(21-23-40)39-24-29-43(30-25-39)61(45-33-34-49-47-12-5-8-17-53(47)60(3,4)56(49)37-45)44-31-26-41(27-32-44)46-15-11-16-51-50-14-7-10-19-57(50)62-58(46)51/h5-37H,1-4H3. The summed E-state index contributed by atoms with van der Waals surface area (Å²) in [7, 11) is 0. The number of rotatable bonds is 6. The van der Waals surface area contributed by atoms with Gasteiger partial charge < -0.3 is 9.32 Å². The Morgan fingerprint density at radius 3 is 1.48 bits per heavy atom. The van der Waals surface area contributed by atoms with Crippen molar-refractivity contribution in [1.29, 1.82) is 0 Å². The van der Waals surface area contributed by atoms with Crippen molar-refractivity contribution >= 4 is 39.0 Å². The summed E-state index contributed by atoms with van der Waals surface area (Å²) in [6, 6.07) is 73.5. The molecule has 1 heterocycles. The molecule has 0 aliphatic heterocycles. The van der Waals surface area contributed by atoms with Crippen LogP contribution in [0.3, 0.4) is 0 Å². The minimum atomic E-state index is -0.111. The lowest BCUT2D eigenvalue weighted by molar-refractivity contribution is 0.660. The first kappa shape index (κ1) is 36.4. The lowest BCUT2D eigenvalue weighted by Gasteiger charge is -2.28. The fourth-order valence-electron chi connectivity index (χ4n) is 10.6. The van der Waals surface area contributed by atoms with E-state index >= 15 is 0 Å². The van der Waals surface area contributed by atoms with Gasteiger partial charge in [0.2, 0.25) is 0 Å². The van der Waals surface area contributed by atoms with E-state index in [2.05, 4.69) is 221 Å². The van der Waals surface area contributed by atoms with Gasteiger partial charge in [0.15, 0.2) is 0 Å². The predicted octanol–water partition coefficient (Wildman–Crippen LogP) is 16.7. The van der Waals surface area contributed by atoms with Gasteiger partial charge in [-0.05, 0) is 121 Å². The summed E-state index contributed by atoms with van der Waals surface area (Å²) in [5.41, 5.74) is 23.0. The number of para-hydroxylation sites is 2. The molecular formula is C60H45NO. The van der Waals surface area contributed by atoms with Crippen LogP contribution in [0.2, 0.25) is 0 Å². The van der Waals surface area contributed by atoms with E-state index in [4.69, 9.17) is 4.42 Å². The Balaban J connectivity index is 0.900. The Morgan fingerprint density at radius 2 is 0.790 bits per heavy atom. The summed E-state index contributed by atoms with van der Waals surface area (Å²) in [6.45, 7) is 9.37. The number of fused-ring (bicyclic) bond motifs is 9. The van der Waals surface area contributed by atoms with E-state index in [9.17, 15) is 0 Å². The minimum absolute atomic E-state index is 0.00783. The first-order valence-electron chi connectivity index (χ1n) is 21.7. The molecule has 0 saturated carbocycles. The molecule has 0 unspecified atom stereocenters. The summed E-state index contributed by atoms with van der Waals surface area (Å²) >= 11 is 0. The second kappa shape index (κ2) is 13.5. The molecule has 2 heteroatoms. The van der Waals surface area contributed by atoms with E-state index in [0.29, 0.717) is 0 Å². The third kappa shape index (κ3) is 5.49. The average Bonchev–Trinajstić information content (AvgIpc) is 3.89. The third-order valence-corrected chi connectivity index (χ3v) is 13.9. The van der Waals surface area contributed by atoms with Gasteiger partial charge in [-0.2, -0.15) is 0 Å². The van der Waals surface area contributed by atoms with E-state index in [1.54, 1.807) is 0 Å². The van der Waals surface area contributed by atoms with Crippen molar-refractivity contribution in [3.8, 4) is 55.6 Å². The van der Waals surface area contributed by atoms with Gasteiger partial charge in [0, 0.05) is 44.2 Å². The van der Waals surface area contributed by atoms with Crippen LogP contribution in [0.1, 0.15) is 49.9 Å². The van der Waals surface area contributed by atoms with Crippen LogP contribution in [0.25, 0.3) is 77.6 Å². The zero-order valence-electron chi connectivity index (χ0n) is 35.4. The quantitative estimate of drug-likeness (QED) is 0.167. The molecule has 0 saturated heterocycles. The maximum atomic E-state index is 6.44. The number of benzene rings is 9. The molecule has 0 amide bonds. The predicted molar refractivity (Wildman–Crippen MR) is 260 cm³/mol. The molecule has 62 heavy (non-hydrogen) atoms. The molecule has 2 aliphatic rings. The van der Waals surface area contributed by atoms with Crippen molar-refractivity contribution in [1.82, 2.24) is 0 Å². The first-order valence-corrected chi connectivity index (χ1v) is 21.7. The summed E-state index contributed by atoms with van der Waals surface area (Å²) in [4.78, 5) is 2.39. The highest BCUT2D eigenvalue weighted by Gasteiger charge is 2.36. The molecule has 9 aromatic carbocycles. The maximum Gasteiger partial charge on any atom is 0.143 e. The molecule has 0 fully saturated rings. The molecule has 2 aliphatic carbocycles. The largest absolute Gasteiger partial charge is 0.455 e. The molecule has 0 radical (unpaired) electrons. The van der Waals surface area contributed by atoms with Gasteiger partial charge >= 0.3 is 0 Å². The molecule has 0 bridgehead atoms. The molecule has 2 nitrogen and oxygen atoms in total. The molecule has 1 aromatic heterocycles. The smallest absolute Gasteiger partial charge is 0.143 e. The van der Waals surface area contributed by atoms with E-state index in [1.807, 2.05) is 12.1 Å². The second-order valence-corrected chi connectivity index (χ2v) is 18.1. The molecule has 0 N–H and O–H groups in total. The number of nitrogens with zero attached hydrogens (tertiary/aromatic N) is 1. The Morgan fingerprint density at radius 1 is 0.323 bits per heavy atom. The molecule has 0 spiro atoms. The van der Waals surface area contributed by atoms with E-state index in [1.165, 1.54) is 66.8 Å². The molecule has 12 rings (SSSR count). The lowest BCUT2D eigenvalue weighted by Crippen LogP contribution is -2.16. The van der Waals surface area contributed by atoms with Crippen molar-refractivity contribution in [2.45, 2.75) is 38.5 Å². The summed E-state index contributed by atoms with van der Waals surface area (Å²) in [5.74, 6) is 0. The van der Waals surface area contributed by atoms with Crippen molar-refractivity contribution in [2.24, 2.45) is 0 Å². The number of furan rings is 1. The van der Waals surface area contributed by atoms with Crippen molar-refractivity contribution in [3.63, 3.8) is 0 Å². The average molecular weight is 796 g/mol. The number of hydrogen-bond acceptors (Lipinski definition) is 2. The van der Waals surface area contributed by atoms with E-state index < -0.39 is 0 Å².